The van der Waals surface area contributed by atoms with Crippen molar-refractivity contribution in [3.8, 4) is 0 Å². The SMILES string of the molecule is Cn1cc(CCC(=O)NNC(=O)c2ccc(Br)cc2)cn1. The predicted octanol–water partition coefficient (Wildman–Crippen LogP) is 1.58. The van der Waals surface area contributed by atoms with Crippen molar-refractivity contribution in [1.29, 1.82) is 0 Å². The Balaban J connectivity index is 1.75. The Bertz CT molecular complexity index is 637. The standard InChI is InChI=1S/C14H15BrN4O2/c1-19-9-10(8-16-19)2-7-13(20)17-18-14(21)11-3-5-12(15)6-4-11/h3-6,8-9H,2,7H2,1H3,(H,17,20)(H,18,21). The lowest BCUT2D eigenvalue weighted by atomic mass is 10.2. The molecule has 21 heavy (non-hydrogen) atoms. The van der Waals surface area contributed by atoms with Gasteiger partial charge in [-0.3, -0.25) is 25.1 Å². The molecule has 0 aliphatic carbocycles. The predicted molar refractivity (Wildman–Crippen MR) is 81.3 cm³/mol. The summed E-state index contributed by atoms with van der Waals surface area (Å²) >= 11 is 3.29. The second-order valence-electron chi connectivity index (χ2n) is 4.53. The number of carbonyl (C=O) groups excluding carboxylic acids is 2. The number of halogens is 1. The number of hydrogen-bond acceptors (Lipinski definition) is 3. The van der Waals surface area contributed by atoms with E-state index in [-0.39, 0.29) is 18.2 Å². The van der Waals surface area contributed by atoms with Gasteiger partial charge in [0.1, 0.15) is 0 Å². The van der Waals surface area contributed by atoms with E-state index in [2.05, 4.69) is 31.9 Å². The van der Waals surface area contributed by atoms with Crippen molar-refractivity contribution in [2.24, 2.45) is 7.05 Å². The van der Waals surface area contributed by atoms with Crippen LogP contribution in [0, 0.1) is 0 Å². The minimum absolute atomic E-state index is 0.246. The smallest absolute Gasteiger partial charge is 0.269 e. The summed E-state index contributed by atoms with van der Waals surface area (Å²) in [5.41, 5.74) is 6.24. The van der Waals surface area contributed by atoms with E-state index in [1.807, 2.05) is 13.2 Å². The van der Waals surface area contributed by atoms with Crippen LogP contribution in [0.5, 0.6) is 0 Å². The van der Waals surface area contributed by atoms with Gasteiger partial charge in [0.2, 0.25) is 5.91 Å². The highest BCUT2D eigenvalue weighted by Crippen LogP contribution is 2.10. The molecule has 0 spiro atoms. The van der Waals surface area contributed by atoms with Gasteiger partial charge >= 0.3 is 0 Å². The lowest BCUT2D eigenvalue weighted by molar-refractivity contribution is -0.121. The Morgan fingerprint density at radius 1 is 1.24 bits per heavy atom. The first kappa shape index (κ1) is 15.2. The lowest BCUT2D eigenvalue weighted by Crippen LogP contribution is -2.41. The molecule has 2 amide bonds. The van der Waals surface area contributed by atoms with E-state index in [0.29, 0.717) is 12.0 Å². The number of amides is 2. The number of nitrogens with zero attached hydrogens (tertiary/aromatic N) is 2. The van der Waals surface area contributed by atoms with E-state index in [0.717, 1.165) is 10.0 Å². The molecule has 0 atom stereocenters. The summed E-state index contributed by atoms with van der Waals surface area (Å²) in [5.74, 6) is -0.596. The topological polar surface area (TPSA) is 76.0 Å². The van der Waals surface area contributed by atoms with Crippen molar-refractivity contribution in [3.05, 3.63) is 52.3 Å². The largest absolute Gasteiger partial charge is 0.276 e. The van der Waals surface area contributed by atoms with Gasteiger partial charge in [0, 0.05) is 29.7 Å². The zero-order valence-corrected chi connectivity index (χ0v) is 13.1. The first-order chi connectivity index (χ1) is 10.0. The van der Waals surface area contributed by atoms with Crippen LogP contribution in [0.3, 0.4) is 0 Å². The highest BCUT2D eigenvalue weighted by molar-refractivity contribution is 9.10. The molecule has 0 unspecified atom stereocenters. The average Bonchev–Trinajstić information content (AvgIpc) is 2.89. The van der Waals surface area contributed by atoms with Gasteiger partial charge in [0.25, 0.3) is 5.91 Å². The summed E-state index contributed by atoms with van der Waals surface area (Å²) < 4.78 is 2.57. The maximum absolute atomic E-state index is 11.8. The number of hydrazine groups is 1. The third-order valence-corrected chi connectivity index (χ3v) is 3.35. The quantitative estimate of drug-likeness (QED) is 0.822. The highest BCUT2D eigenvalue weighted by Gasteiger charge is 2.07. The molecule has 2 rings (SSSR count). The van der Waals surface area contributed by atoms with Crippen molar-refractivity contribution in [2.75, 3.05) is 0 Å². The Kier molecular flexibility index (Phi) is 5.10. The summed E-state index contributed by atoms with van der Waals surface area (Å²) in [7, 11) is 1.82. The number of aryl methyl sites for hydroxylation is 2. The zero-order chi connectivity index (χ0) is 15.2. The van der Waals surface area contributed by atoms with Gasteiger partial charge in [0.15, 0.2) is 0 Å². The molecule has 2 N–H and O–H groups in total. The normalized spacial score (nSPS) is 10.2. The molecule has 0 bridgehead atoms. The molecule has 0 radical (unpaired) electrons. The summed E-state index contributed by atoms with van der Waals surface area (Å²) in [6.07, 6.45) is 4.43. The molecule has 1 heterocycles. The van der Waals surface area contributed by atoms with Crippen molar-refractivity contribution in [2.45, 2.75) is 12.8 Å². The van der Waals surface area contributed by atoms with Gasteiger partial charge in [0.05, 0.1) is 6.20 Å². The molecule has 1 aromatic carbocycles. The third kappa shape index (κ3) is 4.71. The second-order valence-corrected chi connectivity index (χ2v) is 5.45. The zero-order valence-electron chi connectivity index (χ0n) is 11.5. The number of hydrogen-bond donors (Lipinski definition) is 2. The highest BCUT2D eigenvalue weighted by atomic mass is 79.9. The fourth-order valence-corrected chi connectivity index (χ4v) is 1.99. The Hall–Kier alpha value is -2.15. The monoisotopic (exact) mass is 350 g/mol. The molecule has 110 valence electrons. The van der Waals surface area contributed by atoms with Crippen molar-refractivity contribution >= 4 is 27.7 Å². The van der Waals surface area contributed by atoms with Crippen LogP contribution in [0.25, 0.3) is 0 Å². The first-order valence-corrected chi connectivity index (χ1v) is 7.16. The van der Waals surface area contributed by atoms with Gasteiger partial charge in [-0.2, -0.15) is 5.10 Å². The molecule has 6 nitrogen and oxygen atoms in total. The third-order valence-electron chi connectivity index (χ3n) is 2.82. The van der Waals surface area contributed by atoms with E-state index in [4.69, 9.17) is 0 Å². The van der Waals surface area contributed by atoms with E-state index < -0.39 is 0 Å². The molecule has 1 aromatic heterocycles. The Labute approximate surface area is 130 Å². The summed E-state index contributed by atoms with van der Waals surface area (Å²) in [4.78, 5) is 23.4. The number of nitrogens with one attached hydrogen (secondary N) is 2. The number of benzene rings is 1. The van der Waals surface area contributed by atoms with E-state index >= 15 is 0 Å². The van der Waals surface area contributed by atoms with Crippen LogP contribution in [-0.2, 0) is 18.3 Å². The Morgan fingerprint density at radius 2 is 1.95 bits per heavy atom. The maximum atomic E-state index is 11.8. The van der Waals surface area contributed by atoms with Crippen LogP contribution < -0.4 is 10.9 Å². The molecule has 0 fully saturated rings. The van der Waals surface area contributed by atoms with Gasteiger partial charge in [-0.15, -0.1) is 0 Å². The minimum Gasteiger partial charge on any atom is -0.276 e. The van der Waals surface area contributed by atoms with Gasteiger partial charge in [-0.25, -0.2) is 0 Å². The van der Waals surface area contributed by atoms with Crippen LogP contribution in [-0.4, -0.2) is 21.6 Å². The van der Waals surface area contributed by atoms with Gasteiger partial charge in [-0.05, 0) is 36.2 Å². The molecular weight excluding hydrogens is 336 g/mol. The molecular formula is C14H15BrN4O2. The number of aromatic nitrogens is 2. The van der Waals surface area contributed by atoms with Crippen molar-refractivity contribution < 1.29 is 9.59 Å². The summed E-state index contributed by atoms with van der Waals surface area (Å²) in [6.45, 7) is 0. The molecule has 7 heteroatoms. The molecule has 0 aliphatic rings. The van der Waals surface area contributed by atoms with Crippen LogP contribution in [0.2, 0.25) is 0 Å². The van der Waals surface area contributed by atoms with Gasteiger partial charge < -0.3 is 0 Å². The fourth-order valence-electron chi connectivity index (χ4n) is 1.72. The molecule has 0 saturated heterocycles. The molecule has 0 aliphatic heterocycles. The van der Waals surface area contributed by atoms with Crippen LogP contribution in [0.15, 0.2) is 41.1 Å². The van der Waals surface area contributed by atoms with E-state index in [9.17, 15) is 9.59 Å². The van der Waals surface area contributed by atoms with Crippen molar-refractivity contribution in [1.82, 2.24) is 20.6 Å². The average molecular weight is 351 g/mol. The van der Waals surface area contributed by atoms with Crippen LogP contribution >= 0.6 is 15.9 Å². The van der Waals surface area contributed by atoms with Crippen LogP contribution in [0.1, 0.15) is 22.3 Å². The molecule has 2 aromatic rings. The Morgan fingerprint density at radius 3 is 2.57 bits per heavy atom. The second kappa shape index (κ2) is 7.03. The fraction of sp³-hybridized carbons (Fsp3) is 0.214. The number of carbonyl (C=O) groups is 2. The summed E-state index contributed by atoms with van der Waals surface area (Å²) in [5, 5.41) is 4.03. The first-order valence-electron chi connectivity index (χ1n) is 6.37. The number of rotatable bonds is 4. The minimum atomic E-state index is -0.350. The van der Waals surface area contributed by atoms with Crippen LogP contribution in [0.4, 0.5) is 0 Å². The molecule has 0 saturated carbocycles. The van der Waals surface area contributed by atoms with Gasteiger partial charge in [-0.1, -0.05) is 15.9 Å². The lowest BCUT2D eigenvalue weighted by Gasteiger charge is -2.07. The van der Waals surface area contributed by atoms with E-state index in [1.54, 1.807) is 35.1 Å². The van der Waals surface area contributed by atoms with Crippen molar-refractivity contribution in [3.63, 3.8) is 0 Å². The maximum Gasteiger partial charge on any atom is 0.269 e. The van der Waals surface area contributed by atoms with E-state index in [1.165, 1.54) is 0 Å². The summed E-state index contributed by atoms with van der Waals surface area (Å²) in [6, 6.07) is 6.86.